The van der Waals surface area contributed by atoms with E-state index in [0.29, 0.717) is 17.3 Å². The predicted molar refractivity (Wildman–Crippen MR) is 112 cm³/mol. The number of anilines is 2. The second kappa shape index (κ2) is 7.75. The van der Waals surface area contributed by atoms with Crippen LogP contribution in [0.25, 0.3) is 22.3 Å². The van der Waals surface area contributed by atoms with Crippen molar-refractivity contribution < 1.29 is 4.79 Å². The Bertz CT molecular complexity index is 1110. The third-order valence-electron chi connectivity index (χ3n) is 4.24. The van der Waals surface area contributed by atoms with Gasteiger partial charge in [-0.3, -0.25) is 10.9 Å². The predicted octanol–water partition coefficient (Wildman–Crippen LogP) is 4.75. The third-order valence-corrected chi connectivity index (χ3v) is 4.24. The van der Waals surface area contributed by atoms with Crippen LogP contribution in [-0.4, -0.2) is 16.0 Å². The molecule has 0 saturated heterocycles. The molecule has 6 heteroatoms. The normalized spacial score (nSPS) is 10.5. The van der Waals surface area contributed by atoms with Crippen molar-refractivity contribution in [3.8, 4) is 11.4 Å². The van der Waals surface area contributed by atoms with Crippen LogP contribution < -0.4 is 16.2 Å². The lowest BCUT2D eigenvalue weighted by molar-refractivity contribution is 0.254. The van der Waals surface area contributed by atoms with Crippen molar-refractivity contribution in [2.24, 2.45) is 0 Å². The van der Waals surface area contributed by atoms with E-state index in [9.17, 15) is 4.79 Å². The molecule has 0 bridgehead atoms. The van der Waals surface area contributed by atoms with E-state index in [1.54, 1.807) is 0 Å². The Morgan fingerprint density at radius 2 is 1.54 bits per heavy atom. The van der Waals surface area contributed by atoms with E-state index in [1.165, 1.54) is 0 Å². The molecular weight excluding hydrogens is 350 g/mol. The van der Waals surface area contributed by atoms with Crippen LogP contribution in [0.3, 0.4) is 0 Å². The minimum Gasteiger partial charge on any atom is -0.307 e. The number of rotatable bonds is 4. The highest BCUT2D eigenvalue weighted by atomic mass is 16.2. The number of hydrazine groups is 1. The molecule has 4 aromatic rings. The summed E-state index contributed by atoms with van der Waals surface area (Å²) >= 11 is 0. The van der Waals surface area contributed by atoms with Gasteiger partial charge in [0.1, 0.15) is 0 Å². The topological polar surface area (TPSA) is 78.9 Å². The largest absolute Gasteiger partial charge is 0.337 e. The Labute approximate surface area is 162 Å². The maximum atomic E-state index is 12.2. The van der Waals surface area contributed by atoms with E-state index in [0.717, 1.165) is 22.0 Å². The first-order chi connectivity index (χ1) is 13.7. The van der Waals surface area contributed by atoms with Crippen LogP contribution >= 0.6 is 0 Å². The number of carbonyl (C=O) groups excluding carboxylic acids is 1. The van der Waals surface area contributed by atoms with Gasteiger partial charge >= 0.3 is 6.03 Å². The fraction of sp³-hybridized carbons (Fsp3) is 0.0455. The molecule has 3 aromatic carbocycles. The first-order valence-electron chi connectivity index (χ1n) is 8.91. The van der Waals surface area contributed by atoms with Crippen LogP contribution in [0.15, 0.2) is 78.9 Å². The van der Waals surface area contributed by atoms with Gasteiger partial charge in [-0.15, -0.1) is 0 Å². The van der Waals surface area contributed by atoms with Crippen LogP contribution in [0.1, 0.15) is 5.56 Å². The quantitative estimate of drug-likeness (QED) is 0.454. The maximum Gasteiger partial charge on any atom is 0.337 e. The number of benzene rings is 3. The number of carbonyl (C=O) groups is 1. The van der Waals surface area contributed by atoms with E-state index >= 15 is 0 Å². The average molecular weight is 369 g/mol. The molecule has 1 heterocycles. The zero-order chi connectivity index (χ0) is 19.3. The summed E-state index contributed by atoms with van der Waals surface area (Å²) in [7, 11) is 0. The molecule has 0 radical (unpaired) electrons. The van der Waals surface area contributed by atoms with Gasteiger partial charge in [0.15, 0.2) is 11.6 Å². The minimum atomic E-state index is -0.382. The van der Waals surface area contributed by atoms with Gasteiger partial charge in [0, 0.05) is 16.6 Å². The van der Waals surface area contributed by atoms with Crippen LogP contribution in [0.2, 0.25) is 0 Å². The number of nitrogens with zero attached hydrogens (tertiary/aromatic N) is 2. The molecule has 6 nitrogen and oxygen atoms in total. The van der Waals surface area contributed by atoms with Gasteiger partial charge in [-0.1, -0.05) is 60.2 Å². The van der Waals surface area contributed by atoms with Gasteiger partial charge in [-0.2, -0.15) is 0 Å². The molecule has 3 N–H and O–H groups in total. The fourth-order valence-electron chi connectivity index (χ4n) is 2.80. The molecule has 28 heavy (non-hydrogen) atoms. The van der Waals surface area contributed by atoms with Gasteiger partial charge in [0.2, 0.25) is 0 Å². The van der Waals surface area contributed by atoms with Crippen molar-refractivity contribution >= 4 is 28.4 Å². The van der Waals surface area contributed by atoms with Crippen molar-refractivity contribution in [2.45, 2.75) is 6.92 Å². The first-order valence-corrected chi connectivity index (χ1v) is 8.91. The number of urea groups is 1. The van der Waals surface area contributed by atoms with Crippen LogP contribution in [0.5, 0.6) is 0 Å². The molecule has 0 fully saturated rings. The van der Waals surface area contributed by atoms with Gasteiger partial charge in [-0.25, -0.2) is 14.8 Å². The summed E-state index contributed by atoms with van der Waals surface area (Å²) < 4.78 is 0. The standard InChI is InChI=1S/C22H19N5O/c1-15-11-13-17(14-12-15)23-22(28)27-26-21-18-9-5-6-10-19(18)24-20(25-21)16-7-3-2-4-8-16/h2-14H,1H3,(H2,23,27,28)(H,24,25,26). The Morgan fingerprint density at radius 1 is 0.821 bits per heavy atom. The number of nitrogens with one attached hydrogen (secondary N) is 3. The molecule has 138 valence electrons. The van der Waals surface area contributed by atoms with Crippen LogP contribution in [0, 0.1) is 6.92 Å². The smallest absolute Gasteiger partial charge is 0.307 e. The van der Waals surface area contributed by atoms with Crippen molar-refractivity contribution in [3.05, 3.63) is 84.4 Å². The van der Waals surface area contributed by atoms with Crippen molar-refractivity contribution in [1.82, 2.24) is 15.4 Å². The molecule has 0 aliphatic heterocycles. The van der Waals surface area contributed by atoms with E-state index < -0.39 is 0 Å². The summed E-state index contributed by atoms with van der Waals surface area (Å²) in [6.45, 7) is 2.00. The number of fused-ring (bicyclic) bond motifs is 1. The summed E-state index contributed by atoms with van der Waals surface area (Å²) in [6.07, 6.45) is 0. The van der Waals surface area contributed by atoms with Crippen molar-refractivity contribution in [1.29, 1.82) is 0 Å². The second-order valence-electron chi connectivity index (χ2n) is 6.35. The number of aryl methyl sites for hydroxylation is 1. The summed E-state index contributed by atoms with van der Waals surface area (Å²) in [4.78, 5) is 21.5. The maximum absolute atomic E-state index is 12.2. The van der Waals surface area contributed by atoms with Crippen molar-refractivity contribution in [2.75, 3.05) is 10.7 Å². The Balaban J connectivity index is 1.57. The highest BCUT2D eigenvalue weighted by molar-refractivity contribution is 5.93. The monoisotopic (exact) mass is 369 g/mol. The van der Waals surface area contributed by atoms with E-state index in [4.69, 9.17) is 0 Å². The van der Waals surface area contributed by atoms with Gasteiger partial charge in [-0.05, 0) is 31.2 Å². The Kier molecular flexibility index (Phi) is 4.84. The Morgan fingerprint density at radius 3 is 2.32 bits per heavy atom. The average Bonchev–Trinajstić information content (AvgIpc) is 2.74. The molecule has 2 amide bonds. The molecule has 0 saturated carbocycles. The van der Waals surface area contributed by atoms with E-state index in [2.05, 4.69) is 26.1 Å². The van der Waals surface area contributed by atoms with Crippen LogP contribution in [0.4, 0.5) is 16.3 Å². The van der Waals surface area contributed by atoms with Gasteiger partial charge in [0.25, 0.3) is 0 Å². The number of aromatic nitrogens is 2. The van der Waals surface area contributed by atoms with E-state index in [-0.39, 0.29) is 6.03 Å². The lowest BCUT2D eigenvalue weighted by Gasteiger charge is -2.13. The molecule has 1 aromatic heterocycles. The fourth-order valence-corrected chi connectivity index (χ4v) is 2.80. The number of hydrogen-bond acceptors (Lipinski definition) is 4. The molecule has 0 aliphatic rings. The second-order valence-corrected chi connectivity index (χ2v) is 6.35. The molecule has 0 unspecified atom stereocenters. The highest BCUT2D eigenvalue weighted by Gasteiger charge is 2.10. The summed E-state index contributed by atoms with van der Waals surface area (Å²) in [5, 5.41) is 3.60. The third kappa shape index (κ3) is 3.91. The summed E-state index contributed by atoms with van der Waals surface area (Å²) in [6, 6.07) is 24.6. The van der Waals surface area contributed by atoms with Gasteiger partial charge in [0.05, 0.1) is 5.52 Å². The molecular formula is C22H19N5O. The minimum absolute atomic E-state index is 0.382. The molecule has 0 spiro atoms. The molecule has 4 rings (SSSR count). The molecule has 0 aliphatic carbocycles. The summed E-state index contributed by atoms with van der Waals surface area (Å²) in [5.74, 6) is 1.12. The number of amides is 2. The van der Waals surface area contributed by atoms with Crippen LogP contribution in [-0.2, 0) is 0 Å². The number of hydrogen-bond donors (Lipinski definition) is 3. The van der Waals surface area contributed by atoms with E-state index in [1.807, 2.05) is 85.8 Å². The lowest BCUT2D eigenvalue weighted by atomic mass is 10.2. The number of para-hydroxylation sites is 1. The molecule has 0 atom stereocenters. The first kappa shape index (κ1) is 17.5. The SMILES string of the molecule is Cc1ccc(NC(=O)NNc2nc(-c3ccccc3)nc3ccccc23)cc1. The zero-order valence-corrected chi connectivity index (χ0v) is 15.3. The Hall–Kier alpha value is -3.93. The van der Waals surface area contributed by atoms with Crippen molar-refractivity contribution in [3.63, 3.8) is 0 Å². The highest BCUT2D eigenvalue weighted by Crippen LogP contribution is 2.24. The lowest BCUT2D eigenvalue weighted by Crippen LogP contribution is -2.34. The zero-order valence-electron chi connectivity index (χ0n) is 15.3. The summed E-state index contributed by atoms with van der Waals surface area (Å²) in [5.41, 5.74) is 9.09. The van der Waals surface area contributed by atoms with Gasteiger partial charge < -0.3 is 5.32 Å².